The van der Waals surface area contributed by atoms with E-state index < -0.39 is 0 Å². The minimum Gasteiger partial charge on any atom is -0.316 e. The summed E-state index contributed by atoms with van der Waals surface area (Å²) in [5, 5.41) is 7.92. The number of hydrogen-bond donors (Lipinski definition) is 1. The molecule has 1 aromatic rings. The summed E-state index contributed by atoms with van der Waals surface area (Å²) in [5.74, 6) is 0. The summed E-state index contributed by atoms with van der Waals surface area (Å²) < 4.78 is 1.88. The number of nitrogens with zero attached hydrogens (tertiary/aromatic N) is 2. The van der Waals surface area contributed by atoms with Crippen LogP contribution in [0.4, 0.5) is 0 Å². The van der Waals surface area contributed by atoms with Gasteiger partial charge in [-0.25, -0.2) is 0 Å². The molecule has 1 aliphatic heterocycles. The molecule has 1 saturated heterocycles. The van der Waals surface area contributed by atoms with E-state index in [2.05, 4.69) is 23.4 Å². The van der Waals surface area contributed by atoms with Gasteiger partial charge in [0.25, 0.3) is 0 Å². The van der Waals surface area contributed by atoms with E-state index in [4.69, 9.17) is 0 Å². The van der Waals surface area contributed by atoms with Crippen molar-refractivity contribution in [3.05, 3.63) is 18.0 Å². The second kappa shape index (κ2) is 3.14. The van der Waals surface area contributed by atoms with Gasteiger partial charge in [-0.3, -0.25) is 4.68 Å². The molecule has 0 bridgehead atoms. The van der Waals surface area contributed by atoms with Gasteiger partial charge in [0, 0.05) is 25.2 Å². The number of piperidine rings is 1. The highest BCUT2D eigenvalue weighted by atomic mass is 15.3. The summed E-state index contributed by atoms with van der Waals surface area (Å²) in [6.45, 7) is 4.51. The number of aryl methyl sites for hydroxylation is 1. The number of hydrogen-bond acceptors (Lipinski definition) is 2. The first-order valence-electron chi connectivity index (χ1n) is 4.92. The van der Waals surface area contributed by atoms with E-state index in [1.165, 1.54) is 18.5 Å². The van der Waals surface area contributed by atoms with Crippen LogP contribution in [0.5, 0.6) is 0 Å². The van der Waals surface area contributed by atoms with Gasteiger partial charge in [-0.05, 0) is 25.5 Å². The van der Waals surface area contributed by atoms with Crippen LogP contribution in [-0.2, 0) is 12.5 Å². The Balaban J connectivity index is 2.22. The molecule has 72 valence electrons. The second-order valence-electron chi connectivity index (χ2n) is 4.22. The van der Waals surface area contributed by atoms with Crippen molar-refractivity contribution in [2.24, 2.45) is 7.05 Å². The Morgan fingerprint density at radius 3 is 3.00 bits per heavy atom. The van der Waals surface area contributed by atoms with E-state index in [1.807, 2.05) is 17.9 Å². The molecule has 3 nitrogen and oxygen atoms in total. The van der Waals surface area contributed by atoms with Crippen LogP contribution in [0.1, 0.15) is 25.5 Å². The summed E-state index contributed by atoms with van der Waals surface area (Å²) in [5.41, 5.74) is 1.47. The van der Waals surface area contributed by atoms with Gasteiger partial charge in [0.05, 0.1) is 5.69 Å². The number of nitrogens with one attached hydrogen (secondary N) is 1. The third-order valence-corrected chi connectivity index (χ3v) is 2.93. The van der Waals surface area contributed by atoms with Gasteiger partial charge in [0.1, 0.15) is 0 Å². The van der Waals surface area contributed by atoms with Crippen molar-refractivity contribution in [2.45, 2.75) is 25.2 Å². The number of rotatable bonds is 1. The molecule has 1 unspecified atom stereocenters. The van der Waals surface area contributed by atoms with Crippen molar-refractivity contribution in [3.63, 3.8) is 0 Å². The van der Waals surface area contributed by atoms with Gasteiger partial charge in [-0.15, -0.1) is 0 Å². The van der Waals surface area contributed by atoms with Crippen molar-refractivity contribution < 1.29 is 0 Å². The van der Waals surface area contributed by atoms with Crippen LogP contribution in [0.25, 0.3) is 0 Å². The Labute approximate surface area is 79.1 Å². The molecule has 0 aromatic carbocycles. The highest BCUT2D eigenvalue weighted by Crippen LogP contribution is 2.28. The van der Waals surface area contributed by atoms with Crippen LogP contribution in [-0.4, -0.2) is 22.9 Å². The fourth-order valence-electron chi connectivity index (χ4n) is 2.01. The normalized spacial score (nSPS) is 29.1. The van der Waals surface area contributed by atoms with Crippen LogP contribution in [0.15, 0.2) is 12.3 Å². The molecule has 1 atom stereocenters. The third-order valence-electron chi connectivity index (χ3n) is 2.93. The minimum absolute atomic E-state index is 0.250. The fourth-order valence-corrected chi connectivity index (χ4v) is 2.01. The summed E-state index contributed by atoms with van der Waals surface area (Å²) in [6, 6.07) is 2.13. The van der Waals surface area contributed by atoms with Crippen molar-refractivity contribution in [2.75, 3.05) is 13.1 Å². The van der Waals surface area contributed by atoms with Gasteiger partial charge in [-0.1, -0.05) is 6.92 Å². The van der Waals surface area contributed by atoms with Crippen molar-refractivity contribution in [3.8, 4) is 0 Å². The molecular formula is C10H17N3. The zero-order valence-corrected chi connectivity index (χ0v) is 8.38. The fraction of sp³-hybridized carbons (Fsp3) is 0.700. The van der Waals surface area contributed by atoms with Gasteiger partial charge in [0.15, 0.2) is 0 Å². The number of aromatic nitrogens is 2. The van der Waals surface area contributed by atoms with E-state index in [-0.39, 0.29) is 5.41 Å². The molecule has 3 heteroatoms. The summed E-state index contributed by atoms with van der Waals surface area (Å²) in [6.07, 6.45) is 4.53. The van der Waals surface area contributed by atoms with Crippen LogP contribution in [0.2, 0.25) is 0 Å². The van der Waals surface area contributed by atoms with Crippen LogP contribution in [0, 0.1) is 0 Å². The predicted octanol–water partition coefficient (Wildman–Crippen LogP) is 1.06. The van der Waals surface area contributed by atoms with E-state index in [9.17, 15) is 0 Å². The van der Waals surface area contributed by atoms with E-state index in [0.717, 1.165) is 13.1 Å². The zero-order chi connectivity index (χ0) is 9.31. The average Bonchev–Trinajstić information content (AvgIpc) is 2.54. The van der Waals surface area contributed by atoms with E-state index >= 15 is 0 Å². The van der Waals surface area contributed by atoms with Crippen LogP contribution < -0.4 is 5.32 Å². The molecule has 0 amide bonds. The molecule has 13 heavy (non-hydrogen) atoms. The molecule has 1 fully saturated rings. The Bertz CT molecular complexity index is 284. The Hall–Kier alpha value is -0.830. The quantitative estimate of drug-likeness (QED) is 0.698. The van der Waals surface area contributed by atoms with Crippen LogP contribution in [0.3, 0.4) is 0 Å². The van der Waals surface area contributed by atoms with Crippen molar-refractivity contribution in [1.29, 1.82) is 0 Å². The molecule has 0 saturated carbocycles. The van der Waals surface area contributed by atoms with Gasteiger partial charge in [0.2, 0.25) is 0 Å². The maximum atomic E-state index is 4.48. The lowest BCUT2D eigenvalue weighted by Gasteiger charge is -2.32. The van der Waals surface area contributed by atoms with Crippen molar-refractivity contribution in [1.82, 2.24) is 15.1 Å². The van der Waals surface area contributed by atoms with Gasteiger partial charge >= 0.3 is 0 Å². The molecule has 0 spiro atoms. The Kier molecular flexibility index (Phi) is 2.12. The average molecular weight is 179 g/mol. The monoisotopic (exact) mass is 179 g/mol. The summed E-state index contributed by atoms with van der Waals surface area (Å²) in [4.78, 5) is 0. The summed E-state index contributed by atoms with van der Waals surface area (Å²) >= 11 is 0. The maximum Gasteiger partial charge on any atom is 0.0696 e. The molecule has 0 aliphatic carbocycles. The van der Waals surface area contributed by atoms with Gasteiger partial charge < -0.3 is 5.32 Å². The largest absolute Gasteiger partial charge is 0.316 e. The molecule has 0 radical (unpaired) electrons. The lowest BCUT2D eigenvalue weighted by atomic mass is 9.80. The van der Waals surface area contributed by atoms with E-state index in [0.29, 0.717) is 0 Å². The van der Waals surface area contributed by atoms with Crippen LogP contribution >= 0.6 is 0 Å². The lowest BCUT2D eigenvalue weighted by molar-refractivity contribution is 0.330. The highest BCUT2D eigenvalue weighted by Gasteiger charge is 2.30. The minimum atomic E-state index is 0.250. The maximum absolute atomic E-state index is 4.48. The molecule has 1 N–H and O–H groups in total. The van der Waals surface area contributed by atoms with Crippen molar-refractivity contribution >= 4 is 0 Å². The zero-order valence-electron chi connectivity index (χ0n) is 8.38. The second-order valence-corrected chi connectivity index (χ2v) is 4.22. The summed E-state index contributed by atoms with van der Waals surface area (Å²) in [7, 11) is 1.98. The molecular weight excluding hydrogens is 162 g/mol. The lowest BCUT2D eigenvalue weighted by Crippen LogP contribution is -2.41. The topological polar surface area (TPSA) is 29.9 Å². The predicted molar refractivity (Wildman–Crippen MR) is 52.7 cm³/mol. The molecule has 1 aromatic heterocycles. The SMILES string of the molecule is Cn1ccc(C2(C)CCCNC2)n1. The highest BCUT2D eigenvalue weighted by molar-refractivity contribution is 5.15. The molecule has 2 heterocycles. The Morgan fingerprint density at radius 1 is 1.62 bits per heavy atom. The Morgan fingerprint density at radius 2 is 2.46 bits per heavy atom. The molecule has 2 rings (SSSR count). The third kappa shape index (κ3) is 1.61. The van der Waals surface area contributed by atoms with E-state index in [1.54, 1.807) is 0 Å². The first-order chi connectivity index (χ1) is 6.21. The standard InChI is InChI=1S/C10H17N3/c1-10(5-3-6-11-8-10)9-4-7-13(2)12-9/h4,7,11H,3,5-6,8H2,1-2H3. The first kappa shape index (κ1) is 8.75. The first-order valence-corrected chi connectivity index (χ1v) is 4.92. The smallest absolute Gasteiger partial charge is 0.0696 e. The molecule has 1 aliphatic rings. The van der Waals surface area contributed by atoms with Gasteiger partial charge in [-0.2, -0.15) is 5.10 Å².